The summed E-state index contributed by atoms with van der Waals surface area (Å²) in [4.78, 5) is 37.0. The quantitative estimate of drug-likeness (QED) is 0.563. The highest BCUT2D eigenvalue weighted by atomic mass is 16.1. The Bertz CT molecular complexity index is 911. The Morgan fingerprint density at radius 1 is 1.03 bits per heavy atom. The van der Waals surface area contributed by atoms with E-state index >= 15 is 0 Å². The summed E-state index contributed by atoms with van der Waals surface area (Å²) in [6.07, 6.45) is 13.3. The Labute approximate surface area is 191 Å². The van der Waals surface area contributed by atoms with E-state index < -0.39 is 0 Å². The minimum absolute atomic E-state index is 0.000575. The molecule has 6 heteroatoms. The van der Waals surface area contributed by atoms with Crippen molar-refractivity contribution in [1.82, 2.24) is 20.3 Å². The molecule has 2 atom stereocenters. The van der Waals surface area contributed by atoms with Crippen LogP contribution in [0.5, 0.6) is 0 Å². The van der Waals surface area contributed by atoms with Gasteiger partial charge < -0.3 is 10.1 Å². The highest BCUT2D eigenvalue weighted by molar-refractivity contribution is 5.76. The van der Waals surface area contributed by atoms with Crippen LogP contribution in [0.3, 0.4) is 0 Å². The highest BCUT2D eigenvalue weighted by Crippen LogP contribution is 2.26. The van der Waals surface area contributed by atoms with Crippen molar-refractivity contribution >= 4 is 11.7 Å². The molecule has 172 valence electrons. The lowest BCUT2D eigenvalue weighted by molar-refractivity contribution is -0.119. The Balaban J connectivity index is 1.56. The van der Waals surface area contributed by atoms with E-state index in [0.717, 1.165) is 62.0 Å². The van der Waals surface area contributed by atoms with Crippen LogP contribution in [0, 0.1) is 6.92 Å². The fourth-order valence-electron chi connectivity index (χ4n) is 4.62. The van der Waals surface area contributed by atoms with Crippen molar-refractivity contribution in [3.05, 3.63) is 52.9 Å². The van der Waals surface area contributed by atoms with Gasteiger partial charge in [0.2, 0.25) is 5.91 Å². The number of ketones is 1. The van der Waals surface area contributed by atoms with Crippen LogP contribution in [-0.2, 0) is 28.9 Å². The molecular formula is C26H36N4O2. The number of aryl methyl sites for hydroxylation is 4. The number of aromatic nitrogens is 3. The van der Waals surface area contributed by atoms with Crippen molar-refractivity contribution in [3.63, 3.8) is 0 Å². The van der Waals surface area contributed by atoms with Gasteiger partial charge in [-0.3, -0.25) is 9.78 Å². The molecule has 32 heavy (non-hydrogen) atoms. The molecule has 0 saturated heterocycles. The number of fused-ring (bicyclic) bond motifs is 1. The molecule has 0 fully saturated rings. The fraction of sp³-hybridized carbons (Fsp3) is 0.577. The number of hydrogen-bond donors (Lipinski definition) is 1. The van der Waals surface area contributed by atoms with E-state index in [0.29, 0.717) is 6.42 Å². The molecule has 0 aliphatic heterocycles. The number of carbonyl (C=O) groups is 2. The average molecular weight is 437 g/mol. The van der Waals surface area contributed by atoms with Gasteiger partial charge in [0.05, 0.1) is 0 Å². The van der Waals surface area contributed by atoms with Gasteiger partial charge in [0.15, 0.2) is 0 Å². The molecular weight excluding hydrogens is 400 g/mol. The Kier molecular flexibility index (Phi) is 8.89. The molecule has 0 radical (unpaired) electrons. The lowest BCUT2D eigenvalue weighted by Crippen LogP contribution is -2.33. The van der Waals surface area contributed by atoms with Gasteiger partial charge in [-0.25, -0.2) is 9.97 Å². The molecule has 1 amide bonds. The largest absolute Gasteiger partial charge is 0.354 e. The van der Waals surface area contributed by atoms with Crippen molar-refractivity contribution < 1.29 is 9.59 Å². The number of Topliss-reactive ketones (excluding diaryl/α,β-unsaturated/α-hetero) is 1. The van der Waals surface area contributed by atoms with Gasteiger partial charge in [-0.2, -0.15) is 0 Å². The topological polar surface area (TPSA) is 84.8 Å². The number of amides is 1. The SMILES string of the molecule is CC(=O)C[C@@H](CCCC(CCc1ccc2c(n1)CCCC2)NC(C)=O)c1cnc(C)nc1. The van der Waals surface area contributed by atoms with Crippen LogP contribution in [-0.4, -0.2) is 32.7 Å². The first-order valence-electron chi connectivity index (χ1n) is 11.9. The first-order chi connectivity index (χ1) is 15.4. The normalized spacial score (nSPS) is 15.0. The van der Waals surface area contributed by atoms with Gasteiger partial charge in [0.1, 0.15) is 11.6 Å². The van der Waals surface area contributed by atoms with E-state index in [4.69, 9.17) is 4.98 Å². The maximum atomic E-state index is 11.8. The van der Waals surface area contributed by atoms with Gasteiger partial charge >= 0.3 is 0 Å². The Morgan fingerprint density at radius 3 is 2.50 bits per heavy atom. The second-order valence-electron chi connectivity index (χ2n) is 9.15. The summed E-state index contributed by atoms with van der Waals surface area (Å²) in [6, 6.07) is 4.49. The third-order valence-electron chi connectivity index (χ3n) is 6.30. The minimum atomic E-state index is 0.000575. The molecule has 0 bridgehead atoms. The first kappa shape index (κ1) is 24.0. The molecule has 3 rings (SSSR count). The first-order valence-corrected chi connectivity index (χ1v) is 11.9. The highest BCUT2D eigenvalue weighted by Gasteiger charge is 2.18. The van der Waals surface area contributed by atoms with E-state index in [1.54, 1.807) is 13.8 Å². The molecule has 0 aromatic carbocycles. The van der Waals surface area contributed by atoms with Crippen molar-refractivity contribution in [2.75, 3.05) is 0 Å². The Hall–Kier alpha value is -2.63. The lowest BCUT2D eigenvalue weighted by atomic mass is 9.89. The van der Waals surface area contributed by atoms with E-state index in [2.05, 4.69) is 27.4 Å². The summed E-state index contributed by atoms with van der Waals surface area (Å²) in [6.45, 7) is 5.07. The molecule has 1 aliphatic rings. The van der Waals surface area contributed by atoms with Gasteiger partial charge in [-0.1, -0.05) is 12.5 Å². The summed E-state index contributed by atoms with van der Waals surface area (Å²) in [5, 5.41) is 3.12. The van der Waals surface area contributed by atoms with Crippen molar-refractivity contribution in [3.8, 4) is 0 Å². The van der Waals surface area contributed by atoms with Gasteiger partial charge in [-0.05, 0) is 88.3 Å². The van der Waals surface area contributed by atoms with E-state index in [9.17, 15) is 9.59 Å². The van der Waals surface area contributed by atoms with Gasteiger partial charge in [0.25, 0.3) is 0 Å². The zero-order valence-electron chi connectivity index (χ0n) is 19.7. The fourth-order valence-corrected chi connectivity index (χ4v) is 4.62. The second kappa shape index (κ2) is 11.8. The molecule has 1 N–H and O–H groups in total. The number of pyridine rings is 1. The molecule has 2 heterocycles. The molecule has 1 aliphatic carbocycles. The smallest absolute Gasteiger partial charge is 0.217 e. The maximum Gasteiger partial charge on any atom is 0.217 e. The monoisotopic (exact) mass is 436 g/mol. The van der Waals surface area contributed by atoms with Crippen molar-refractivity contribution in [2.24, 2.45) is 0 Å². The van der Waals surface area contributed by atoms with Gasteiger partial charge in [0, 0.05) is 43.2 Å². The van der Waals surface area contributed by atoms with Crippen LogP contribution >= 0.6 is 0 Å². The molecule has 2 aromatic rings. The van der Waals surface area contributed by atoms with Crippen LogP contribution in [0.25, 0.3) is 0 Å². The van der Waals surface area contributed by atoms with E-state index in [1.165, 1.54) is 24.1 Å². The van der Waals surface area contributed by atoms with E-state index in [-0.39, 0.29) is 23.7 Å². The van der Waals surface area contributed by atoms with Crippen LogP contribution in [0.15, 0.2) is 24.5 Å². The average Bonchev–Trinajstić information content (AvgIpc) is 2.76. The second-order valence-corrected chi connectivity index (χ2v) is 9.15. The van der Waals surface area contributed by atoms with Crippen molar-refractivity contribution in [1.29, 1.82) is 0 Å². The molecule has 0 saturated carbocycles. The predicted molar refractivity (Wildman–Crippen MR) is 125 cm³/mol. The predicted octanol–water partition coefficient (Wildman–Crippen LogP) is 4.43. The molecule has 6 nitrogen and oxygen atoms in total. The number of hydrogen-bond acceptors (Lipinski definition) is 5. The molecule has 0 spiro atoms. The molecule has 2 aromatic heterocycles. The number of rotatable bonds is 11. The zero-order valence-corrected chi connectivity index (χ0v) is 19.7. The standard InChI is InChI=1S/C26H36N4O2/c1-18(31)15-22(23-16-27-19(2)28-17-23)8-6-9-24(29-20(3)32)13-14-25-12-11-21-7-4-5-10-26(21)30-25/h11-12,16-17,22,24H,4-10,13-15H2,1-3H3,(H,29,32)/t22-,24?/m1/s1. The zero-order chi connectivity index (χ0) is 22.9. The van der Waals surface area contributed by atoms with Crippen LogP contribution in [0.1, 0.15) is 93.1 Å². The number of nitrogens with one attached hydrogen (secondary N) is 1. The third kappa shape index (κ3) is 7.50. The summed E-state index contributed by atoms with van der Waals surface area (Å²) in [7, 11) is 0. The summed E-state index contributed by atoms with van der Waals surface area (Å²) < 4.78 is 0. The minimum Gasteiger partial charge on any atom is -0.354 e. The molecule has 1 unspecified atom stereocenters. The Morgan fingerprint density at radius 2 is 1.78 bits per heavy atom. The van der Waals surface area contributed by atoms with Gasteiger partial charge in [-0.15, -0.1) is 0 Å². The number of nitrogens with zero attached hydrogens (tertiary/aromatic N) is 3. The number of carbonyl (C=O) groups excluding carboxylic acids is 2. The summed E-state index contributed by atoms with van der Waals surface area (Å²) in [5.74, 6) is 1.03. The van der Waals surface area contributed by atoms with Crippen LogP contribution < -0.4 is 5.32 Å². The van der Waals surface area contributed by atoms with Crippen molar-refractivity contribution in [2.45, 2.75) is 96.9 Å². The third-order valence-corrected chi connectivity index (χ3v) is 6.30. The summed E-state index contributed by atoms with van der Waals surface area (Å²) >= 11 is 0. The summed E-state index contributed by atoms with van der Waals surface area (Å²) in [5.41, 5.74) is 4.79. The van der Waals surface area contributed by atoms with Crippen LogP contribution in [0.4, 0.5) is 0 Å². The lowest BCUT2D eigenvalue weighted by Gasteiger charge is -2.21. The van der Waals surface area contributed by atoms with E-state index in [1.807, 2.05) is 19.3 Å². The van der Waals surface area contributed by atoms with Crippen LogP contribution in [0.2, 0.25) is 0 Å². The maximum absolute atomic E-state index is 11.8.